The number of carbonyl (C=O) groups excluding carboxylic acids is 1. The van der Waals surface area contributed by atoms with Gasteiger partial charge in [0.1, 0.15) is 23.2 Å². The molecule has 10 heteroatoms. The monoisotopic (exact) mass is 493 g/mol. The molecule has 0 radical (unpaired) electrons. The zero-order valence-corrected chi connectivity index (χ0v) is 20.6. The molecular formula is C25H27N5O4S. The summed E-state index contributed by atoms with van der Waals surface area (Å²) >= 11 is 1.43. The largest absolute Gasteiger partial charge is 0.484 e. The second kappa shape index (κ2) is 10.6. The summed E-state index contributed by atoms with van der Waals surface area (Å²) in [4.78, 5) is 38.6. The van der Waals surface area contributed by atoms with Crippen molar-refractivity contribution in [1.29, 1.82) is 0 Å². The fraction of sp³-hybridized carbons (Fsp3) is 0.280. The molecule has 9 nitrogen and oxygen atoms in total. The van der Waals surface area contributed by atoms with Crippen molar-refractivity contribution in [2.75, 3.05) is 49.8 Å². The fourth-order valence-electron chi connectivity index (χ4n) is 3.84. The van der Waals surface area contributed by atoms with Crippen LogP contribution in [0.5, 0.6) is 5.75 Å². The first kappa shape index (κ1) is 24.3. The van der Waals surface area contributed by atoms with Gasteiger partial charge in [0, 0.05) is 45.1 Å². The van der Waals surface area contributed by atoms with Gasteiger partial charge in [-0.1, -0.05) is 48.2 Å². The standard InChI is InChI=1S/C25H27N5O4S/c1-28-12-13-30(23(31)20-15-26-24(35-3)27-22(20)28)18-10-7-11-19(14-18)34-21(16-29(2)25(32)33)17-8-5-4-6-9-17/h4-11,14-15,21H,12-13,16H2,1-3H3,(H,32,33). The fourth-order valence-corrected chi connectivity index (χ4v) is 4.18. The Hall–Kier alpha value is -3.79. The van der Waals surface area contributed by atoms with Crippen molar-refractivity contribution in [2.24, 2.45) is 0 Å². The molecule has 0 aliphatic carbocycles. The van der Waals surface area contributed by atoms with E-state index in [0.29, 0.717) is 41.1 Å². The quantitative estimate of drug-likeness (QED) is 0.389. The molecule has 4 rings (SSSR count). The number of amides is 2. The number of likely N-dealkylation sites (N-methyl/N-ethyl adjacent to an activating group) is 2. The summed E-state index contributed by atoms with van der Waals surface area (Å²) in [6.45, 7) is 1.22. The molecule has 0 bridgehead atoms. The van der Waals surface area contributed by atoms with Crippen molar-refractivity contribution >= 4 is 35.3 Å². The minimum atomic E-state index is -1.03. The van der Waals surface area contributed by atoms with Gasteiger partial charge in [0.05, 0.1) is 6.54 Å². The minimum absolute atomic E-state index is 0.152. The van der Waals surface area contributed by atoms with E-state index < -0.39 is 12.2 Å². The average molecular weight is 494 g/mol. The molecule has 1 atom stereocenters. The number of rotatable bonds is 7. The van der Waals surface area contributed by atoms with Gasteiger partial charge in [-0.3, -0.25) is 4.79 Å². The maximum Gasteiger partial charge on any atom is 0.407 e. The Kier molecular flexibility index (Phi) is 7.40. The normalized spacial score (nSPS) is 14.2. The summed E-state index contributed by atoms with van der Waals surface area (Å²) in [5.74, 6) is 0.972. The van der Waals surface area contributed by atoms with Crippen LogP contribution in [-0.4, -0.2) is 72.0 Å². The topological polar surface area (TPSA) is 99.1 Å². The van der Waals surface area contributed by atoms with Crippen LogP contribution >= 0.6 is 11.8 Å². The second-order valence-electron chi connectivity index (χ2n) is 8.15. The van der Waals surface area contributed by atoms with E-state index in [0.717, 1.165) is 5.56 Å². The second-order valence-corrected chi connectivity index (χ2v) is 8.92. The number of fused-ring (bicyclic) bond motifs is 1. The van der Waals surface area contributed by atoms with Gasteiger partial charge in [0.25, 0.3) is 5.91 Å². The number of aromatic nitrogens is 2. The average Bonchev–Trinajstić information content (AvgIpc) is 3.00. The van der Waals surface area contributed by atoms with Gasteiger partial charge in [0.2, 0.25) is 0 Å². The van der Waals surface area contributed by atoms with Crippen LogP contribution in [0.3, 0.4) is 0 Å². The van der Waals surface area contributed by atoms with Crippen LogP contribution in [-0.2, 0) is 0 Å². The lowest BCUT2D eigenvalue weighted by Crippen LogP contribution is -2.34. The van der Waals surface area contributed by atoms with Crippen LogP contribution in [0, 0.1) is 0 Å². The molecule has 2 aromatic carbocycles. The van der Waals surface area contributed by atoms with Crippen LogP contribution in [0.25, 0.3) is 0 Å². The Morgan fingerprint density at radius 1 is 1.20 bits per heavy atom. The number of nitrogens with zero attached hydrogens (tertiary/aromatic N) is 5. The maximum absolute atomic E-state index is 13.5. The first-order valence-electron chi connectivity index (χ1n) is 11.1. The van der Waals surface area contributed by atoms with E-state index in [4.69, 9.17) is 4.74 Å². The summed E-state index contributed by atoms with van der Waals surface area (Å²) in [5.41, 5.74) is 1.98. The van der Waals surface area contributed by atoms with Gasteiger partial charge in [0.15, 0.2) is 5.16 Å². The van der Waals surface area contributed by atoms with Gasteiger partial charge in [-0.05, 0) is 24.0 Å². The molecule has 1 N–H and O–H groups in total. The lowest BCUT2D eigenvalue weighted by Gasteiger charge is -2.25. The van der Waals surface area contributed by atoms with Crippen LogP contribution in [0.1, 0.15) is 22.0 Å². The molecule has 0 saturated carbocycles. The maximum atomic E-state index is 13.5. The molecule has 0 spiro atoms. The van der Waals surface area contributed by atoms with E-state index in [1.807, 2.05) is 60.7 Å². The highest BCUT2D eigenvalue weighted by atomic mass is 32.2. The van der Waals surface area contributed by atoms with Crippen LogP contribution in [0.15, 0.2) is 66.0 Å². The number of carboxylic acid groups (broad SMARTS) is 1. The van der Waals surface area contributed by atoms with Gasteiger partial charge in [-0.25, -0.2) is 14.8 Å². The van der Waals surface area contributed by atoms with Crippen LogP contribution in [0.2, 0.25) is 0 Å². The summed E-state index contributed by atoms with van der Waals surface area (Å²) in [6.07, 6.45) is 1.93. The van der Waals surface area contributed by atoms with E-state index in [-0.39, 0.29) is 12.5 Å². The van der Waals surface area contributed by atoms with E-state index in [1.165, 1.54) is 23.7 Å². The molecule has 0 fully saturated rings. The SMILES string of the molecule is CSc1ncc2c(n1)N(C)CCN(c1cccc(OC(CN(C)C(=O)O)c3ccccc3)c1)C2=O. The zero-order valence-electron chi connectivity index (χ0n) is 19.8. The lowest BCUT2D eigenvalue weighted by molar-refractivity contribution is 0.0989. The summed E-state index contributed by atoms with van der Waals surface area (Å²) in [6, 6.07) is 16.8. The molecule has 1 aliphatic heterocycles. The van der Waals surface area contributed by atoms with Crippen molar-refractivity contribution in [3.63, 3.8) is 0 Å². The third kappa shape index (κ3) is 5.48. The molecule has 35 heavy (non-hydrogen) atoms. The number of ether oxygens (including phenoxy) is 1. The first-order chi connectivity index (χ1) is 16.9. The molecule has 182 valence electrons. The Balaban J connectivity index is 1.62. The highest BCUT2D eigenvalue weighted by molar-refractivity contribution is 7.98. The lowest BCUT2D eigenvalue weighted by atomic mass is 10.1. The van der Waals surface area contributed by atoms with Crippen molar-refractivity contribution in [3.8, 4) is 5.75 Å². The predicted octanol–water partition coefficient (Wildman–Crippen LogP) is 4.03. The van der Waals surface area contributed by atoms with Crippen molar-refractivity contribution in [2.45, 2.75) is 11.3 Å². The Morgan fingerprint density at radius 3 is 2.69 bits per heavy atom. The van der Waals surface area contributed by atoms with Gasteiger partial charge in [-0.15, -0.1) is 0 Å². The summed E-state index contributed by atoms with van der Waals surface area (Å²) < 4.78 is 6.26. The molecule has 1 aliphatic rings. The van der Waals surface area contributed by atoms with Gasteiger partial charge in [-0.2, -0.15) is 0 Å². The van der Waals surface area contributed by atoms with E-state index >= 15 is 0 Å². The van der Waals surface area contributed by atoms with E-state index in [2.05, 4.69) is 9.97 Å². The zero-order chi connectivity index (χ0) is 24.9. The highest BCUT2D eigenvalue weighted by Gasteiger charge is 2.28. The number of benzene rings is 2. The third-order valence-electron chi connectivity index (χ3n) is 5.77. The number of carbonyl (C=O) groups is 2. The van der Waals surface area contributed by atoms with Crippen molar-refractivity contribution < 1.29 is 19.4 Å². The molecule has 2 amide bonds. The van der Waals surface area contributed by atoms with E-state index in [1.54, 1.807) is 23.2 Å². The minimum Gasteiger partial charge on any atom is -0.484 e. The van der Waals surface area contributed by atoms with Gasteiger partial charge < -0.3 is 24.5 Å². The smallest absolute Gasteiger partial charge is 0.407 e. The number of hydrogen-bond acceptors (Lipinski definition) is 7. The van der Waals surface area contributed by atoms with Crippen molar-refractivity contribution in [1.82, 2.24) is 14.9 Å². The molecule has 3 aromatic rings. The van der Waals surface area contributed by atoms with Gasteiger partial charge >= 0.3 is 6.09 Å². The number of hydrogen-bond donors (Lipinski definition) is 1. The third-order valence-corrected chi connectivity index (χ3v) is 6.33. The number of anilines is 2. The van der Waals surface area contributed by atoms with E-state index in [9.17, 15) is 14.7 Å². The summed E-state index contributed by atoms with van der Waals surface area (Å²) in [5, 5.41) is 9.98. The first-order valence-corrected chi connectivity index (χ1v) is 12.3. The molecule has 0 saturated heterocycles. The molecular weight excluding hydrogens is 466 g/mol. The molecule has 2 heterocycles. The predicted molar refractivity (Wildman–Crippen MR) is 136 cm³/mol. The van der Waals surface area contributed by atoms with Crippen LogP contribution < -0.4 is 14.5 Å². The summed E-state index contributed by atoms with van der Waals surface area (Å²) in [7, 11) is 3.42. The Bertz CT molecular complexity index is 1210. The Morgan fingerprint density at radius 2 is 1.97 bits per heavy atom. The highest BCUT2D eigenvalue weighted by Crippen LogP contribution is 2.30. The van der Waals surface area contributed by atoms with Crippen LogP contribution in [0.4, 0.5) is 16.3 Å². The number of thioether (sulfide) groups is 1. The Labute approximate surface area is 208 Å². The molecule has 1 unspecified atom stereocenters. The molecule has 1 aromatic heterocycles. The van der Waals surface area contributed by atoms with Crippen molar-refractivity contribution in [3.05, 3.63) is 71.9 Å².